The molecule has 15 heavy (non-hydrogen) atoms. The second-order valence-corrected chi connectivity index (χ2v) is 4.43. The molecule has 0 radical (unpaired) electrons. The van der Waals surface area contributed by atoms with Gasteiger partial charge < -0.3 is 5.73 Å². The molecule has 0 aliphatic heterocycles. The van der Waals surface area contributed by atoms with Crippen LogP contribution in [0.4, 0.5) is 8.78 Å². The minimum Gasteiger partial charge on any atom is -0.328 e. The van der Waals surface area contributed by atoms with E-state index in [0.717, 1.165) is 0 Å². The fourth-order valence-corrected chi connectivity index (χ4v) is 2.41. The Hall–Kier alpha value is -0.960. The Morgan fingerprint density at radius 1 is 1.47 bits per heavy atom. The third-order valence-corrected chi connectivity index (χ3v) is 3.17. The highest BCUT2D eigenvalue weighted by Crippen LogP contribution is 2.43. The van der Waals surface area contributed by atoms with Crippen LogP contribution in [0, 0.1) is 12.7 Å². The van der Waals surface area contributed by atoms with Crippen LogP contribution in [-0.4, -0.2) is 6.04 Å². The van der Waals surface area contributed by atoms with Gasteiger partial charge in [-0.1, -0.05) is 6.07 Å². The molecule has 0 spiro atoms. The molecule has 0 saturated heterocycles. The summed E-state index contributed by atoms with van der Waals surface area (Å²) in [6.07, 6.45) is 1.49. The first kappa shape index (κ1) is 10.6. The highest BCUT2D eigenvalue weighted by Gasteiger charge is 2.40. The summed E-state index contributed by atoms with van der Waals surface area (Å²) in [5.41, 5.74) is 5.63. The van der Waals surface area contributed by atoms with Crippen LogP contribution in [0.5, 0.6) is 0 Å². The second-order valence-electron chi connectivity index (χ2n) is 4.43. The average molecular weight is 211 g/mol. The fourth-order valence-electron chi connectivity index (χ4n) is 2.41. The zero-order valence-electron chi connectivity index (χ0n) is 8.76. The van der Waals surface area contributed by atoms with Crippen LogP contribution in [0.3, 0.4) is 0 Å². The highest BCUT2D eigenvalue weighted by molar-refractivity contribution is 5.33. The summed E-state index contributed by atoms with van der Waals surface area (Å²) >= 11 is 0. The van der Waals surface area contributed by atoms with Gasteiger partial charge in [0.15, 0.2) is 0 Å². The SMILES string of the molecule is Cc1cc(F)ccc1C1(F)CCC(N)C1. The van der Waals surface area contributed by atoms with Crippen molar-refractivity contribution in [3.63, 3.8) is 0 Å². The number of halogens is 2. The maximum atomic E-state index is 14.5. The number of rotatable bonds is 1. The quantitative estimate of drug-likeness (QED) is 0.759. The first-order valence-electron chi connectivity index (χ1n) is 5.22. The summed E-state index contributed by atoms with van der Waals surface area (Å²) in [5, 5.41) is 0. The molecular weight excluding hydrogens is 196 g/mol. The molecule has 2 atom stereocenters. The smallest absolute Gasteiger partial charge is 0.137 e. The first-order valence-corrected chi connectivity index (χ1v) is 5.22. The molecule has 2 unspecified atom stereocenters. The van der Waals surface area contributed by atoms with Crippen molar-refractivity contribution in [1.82, 2.24) is 0 Å². The Balaban J connectivity index is 2.37. The van der Waals surface area contributed by atoms with Crippen molar-refractivity contribution in [1.29, 1.82) is 0 Å². The molecule has 1 fully saturated rings. The number of benzene rings is 1. The van der Waals surface area contributed by atoms with Gasteiger partial charge in [0, 0.05) is 12.5 Å². The van der Waals surface area contributed by atoms with E-state index < -0.39 is 5.67 Å². The summed E-state index contributed by atoms with van der Waals surface area (Å²) < 4.78 is 27.4. The van der Waals surface area contributed by atoms with E-state index in [1.165, 1.54) is 12.1 Å². The lowest BCUT2D eigenvalue weighted by Gasteiger charge is -2.22. The monoisotopic (exact) mass is 211 g/mol. The van der Waals surface area contributed by atoms with Crippen LogP contribution in [-0.2, 0) is 5.67 Å². The molecule has 1 nitrogen and oxygen atoms in total. The van der Waals surface area contributed by atoms with Gasteiger partial charge in [-0.15, -0.1) is 0 Å². The van der Waals surface area contributed by atoms with Gasteiger partial charge in [0.05, 0.1) is 0 Å². The molecule has 2 rings (SSSR count). The minimum absolute atomic E-state index is 0.0700. The Morgan fingerprint density at radius 2 is 2.20 bits per heavy atom. The minimum atomic E-state index is -1.35. The third kappa shape index (κ3) is 1.88. The van der Waals surface area contributed by atoms with Gasteiger partial charge in [0.1, 0.15) is 11.5 Å². The van der Waals surface area contributed by atoms with Crippen LogP contribution < -0.4 is 5.73 Å². The van der Waals surface area contributed by atoms with E-state index in [4.69, 9.17) is 5.73 Å². The molecule has 1 aromatic carbocycles. The Labute approximate surface area is 88.3 Å². The molecule has 2 N–H and O–H groups in total. The summed E-state index contributed by atoms with van der Waals surface area (Å²) in [6.45, 7) is 1.74. The Bertz CT molecular complexity index is 378. The van der Waals surface area contributed by atoms with Crippen LogP contribution >= 0.6 is 0 Å². The van der Waals surface area contributed by atoms with Crippen LogP contribution in [0.15, 0.2) is 18.2 Å². The van der Waals surface area contributed by atoms with Crippen molar-refractivity contribution >= 4 is 0 Å². The molecule has 0 aromatic heterocycles. The largest absolute Gasteiger partial charge is 0.328 e. The summed E-state index contributed by atoms with van der Waals surface area (Å²) in [4.78, 5) is 0. The average Bonchev–Trinajstić information content (AvgIpc) is 2.46. The van der Waals surface area contributed by atoms with Crippen molar-refractivity contribution in [2.45, 2.75) is 37.9 Å². The highest BCUT2D eigenvalue weighted by atomic mass is 19.1. The van der Waals surface area contributed by atoms with Gasteiger partial charge in [-0.05, 0) is 43.0 Å². The molecule has 82 valence electrons. The van der Waals surface area contributed by atoms with E-state index in [-0.39, 0.29) is 11.9 Å². The number of hydrogen-bond donors (Lipinski definition) is 1. The molecule has 1 aromatic rings. The van der Waals surface area contributed by atoms with Gasteiger partial charge in [-0.25, -0.2) is 8.78 Å². The van der Waals surface area contributed by atoms with E-state index in [1.54, 1.807) is 13.0 Å². The first-order chi connectivity index (χ1) is 7.01. The maximum absolute atomic E-state index is 14.5. The summed E-state index contributed by atoms with van der Waals surface area (Å²) in [7, 11) is 0. The zero-order valence-corrected chi connectivity index (χ0v) is 8.76. The second kappa shape index (κ2) is 3.56. The van der Waals surface area contributed by atoms with Crippen LogP contribution in [0.25, 0.3) is 0 Å². The van der Waals surface area contributed by atoms with Gasteiger partial charge in [0.25, 0.3) is 0 Å². The molecular formula is C12H15F2N. The van der Waals surface area contributed by atoms with Gasteiger partial charge in [0.2, 0.25) is 0 Å². The van der Waals surface area contributed by atoms with Gasteiger partial charge in [-0.2, -0.15) is 0 Å². The van der Waals surface area contributed by atoms with E-state index in [1.807, 2.05) is 0 Å². The molecule has 0 amide bonds. The van der Waals surface area contributed by atoms with Gasteiger partial charge in [-0.3, -0.25) is 0 Å². The summed E-state index contributed by atoms with van der Waals surface area (Å²) in [6, 6.07) is 4.16. The standard InChI is InChI=1S/C12H15F2N/c1-8-6-9(13)2-3-11(8)12(14)5-4-10(15)7-12/h2-3,6,10H,4-5,7,15H2,1H3. The van der Waals surface area contributed by atoms with Crippen molar-refractivity contribution in [3.8, 4) is 0 Å². The number of alkyl halides is 1. The van der Waals surface area contributed by atoms with Crippen molar-refractivity contribution in [2.75, 3.05) is 0 Å². The van der Waals surface area contributed by atoms with E-state index in [0.29, 0.717) is 30.4 Å². The Morgan fingerprint density at radius 3 is 2.73 bits per heavy atom. The maximum Gasteiger partial charge on any atom is 0.137 e. The molecule has 3 heteroatoms. The normalized spacial score (nSPS) is 30.8. The van der Waals surface area contributed by atoms with Crippen LogP contribution in [0.2, 0.25) is 0 Å². The molecule has 0 bridgehead atoms. The van der Waals surface area contributed by atoms with E-state index in [9.17, 15) is 8.78 Å². The van der Waals surface area contributed by atoms with E-state index in [2.05, 4.69) is 0 Å². The van der Waals surface area contributed by atoms with E-state index >= 15 is 0 Å². The lowest BCUT2D eigenvalue weighted by Crippen LogP contribution is -2.22. The Kier molecular flexibility index (Phi) is 2.51. The van der Waals surface area contributed by atoms with Crippen molar-refractivity contribution in [3.05, 3.63) is 35.1 Å². The molecule has 1 saturated carbocycles. The lowest BCUT2D eigenvalue weighted by molar-refractivity contribution is 0.171. The van der Waals surface area contributed by atoms with Crippen molar-refractivity contribution < 1.29 is 8.78 Å². The predicted molar refractivity (Wildman–Crippen MR) is 55.7 cm³/mol. The lowest BCUT2D eigenvalue weighted by atomic mass is 9.90. The number of nitrogens with two attached hydrogens (primary N) is 1. The zero-order chi connectivity index (χ0) is 11.1. The predicted octanol–water partition coefficient (Wildman–Crippen LogP) is 2.81. The number of hydrogen-bond acceptors (Lipinski definition) is 1. The summed E-state index contributed by atoms with van der Waals surface area (Å²) in [5.74, 6) is -0.317. The molecule has 1 aliphatic rings. The van der Waals surface area contributed by atoms with Crippen LogP contribution in [0.1, 0.15) is 30.4 Å². The molecule has 0 heterocycles. The fraction of sp³-hybridized carbons (Fsp3) is 0.500. The number of aryl methyl sites for hydroxylation is 1. The third-order valence-electron chi connectivity index (χ3n) is 3.17. The van der Waals surface area contributed by atoms with Gasteiger partial charge >= 0.3 is 0 Å². The topological polar surface area (TPSA) is 26.0 Å². The molecule has 1 aliphatic carbocycles. The van der Waals surface area contributed by atoms with Crippen molar-refractivity contribution in [2.24, 2.45) is 5.73 Å².